The molecule has 0 unspecified atom stereocenters. The fourth-order valence-corrected chi connectivity index (χ4v) is 2.46. The van der Waals surface area contributed by atoms with Crippen molar-refractivity contribution < 1.29 is 9.18 Å². The van der Waals surface area contributed by atoms with Crippen molar-refractivity contribution in [3.63, 3.8) is 0 Å². The van der Waals surface area contributed by atoms with E-state index in [1.54, 1.807) is 23.7 Å². The molecule has 2 aromatic heterocycles. The number of hydrogen-bond donors (Lipinski definition) is 1. The maximum Gasteiger partial charge on any atom is 0.277 e. The first-order chi connectivity index (χ1) is 11.1. The average molecular weight is 330 g/mol. The molecule has 1 amide bonds. The highest BCUT2D eigenvalue weighted by atomic mass is 32.1. The fraction of sp³-hybridized carbons (Fsp3) is 0.0667. The molecule has 0 aliphatic heterocycles. The van der Waals surface area contributed by atoms with Crippen molar-refractivity contribution in [3.8, 4) is 0 Å². The number of amides is 1. The van der Waals surface area contributed by atoms with Crippen LogP contribution in [0.15, 0.2) is 52.8 Å². The summed E-state index contributed by atoms with van der Waals surface area (Å²) in [5.74, 6) is -0.860. The second-order valence-electron chi connectivity index (χ2n) is 4.64. The highest BCUT2D eigenvalue weighted by Crippen LogP contribution is 2.11. The molecular weight excluding hydrogens is 319 g/mol. The summed E-state index contributed by atoms with van der Waals surface area (Å²) in [6.07, 6.45) is 1.57. The van der Waals surface area contributed by atoms with Gasteiger partial charge in [0.15, 0.2) is 5.13 Å². The molecule has 0 aliphatic rings. The molecule has 116 valence electrons. The van der Waals surface area contributed by atoms with Gasteiger partial charge >= 0.3 is 0 Å². The van der Waals surface area contributed by atoms with Gasteiger partial charge in [0.2, 0.25) is 0 Å². The Labute approximate surface area is 134 Å². The maximum absolute atomic E-state index is 13.2. The number of carbonyl (C=O) groups excluding carboxylic acids is 1. The van der Waals surface area contributed by atoms with Gasteiger partial charge in [0, 0.05) is 17.6 Å². The number of halogens is 1. The van der Waals surface area contributed by atoms with Crippen LogP contribution in [0.3, 0.4) is 0 Å². The highest BCUT2D eigenvalue weighted by molar-refractivity contribution is 7.13. The Hall–Kier alpha value is -2.87. The van der Waals surface area contributed by atoms with Crippen molar-refractivity contribution in [2.45, 2.75) is 6.54 Å². The van der Waals surface area contributed by atoms with E-state index in [-0.39, 0.29) is 17.8 Å². The zero-order valence-corrected chi connectivity index (χ0v) is 12.6. The Kier molecular flexibility index (Phi) is 4.24. The largest absolute Gasteiger partial charge is 0.296 e. The first-order valence-electron chi connectivity index (χ1n) is 6.65. The van der Waals surface area contributed by atoms with Crippen LogP contribution >= 0.6 is 11.3 Å². The van der Waals surface area contributed by atoms with Gasteiger partial charge in [-0.1, -0.05) is 12.1 Å². The van der Waals surface area contributed by atoms with Crippen molar-refractivity contribution in [3.05, 3.63) is 75.4 Å². The van der Waals surface area contributed by atoms with Gasteiger partial charge in [0.1, 0.15) is 11.5 Å². The molecular formula is C15H11FN4O2S. The van der Waals surface area contributed by atoms with Crippen LogP contribution in [0, 0.1) is 5.82 Å². The number of aromatic nitrogens is 3. The van der Waals surface area contributed by atoms with Gasteiger partial charge in [-0.15, -0.1) is 11.3 Å². The van der Waals surface area contributed by atoms with Gasteiger partial charge in [0.25, 0.3) is 11.5 Å². The minimum atomic E-state index is -0.465. The van der Waals surface area contributed by atoms with Crippen LogP contribution < -0.4 is 10.9 Å². The molecule has 0 atom stereocenters. The van der Waals surface area contributed by atoms with Crippen molar-refractivity contribution in [2.24, 2.45) is 0 Å². The quantitative estimate of drug-likeness (QED) is 0.795. The Morgan fingerprint density at radius 2 is 2.17 bits per heavy atom. The van der Waals surface area contributed by atoms with Crippen LogP contribution in [0.2, 0.25) is 0 Å². The normalized spacial score (nSPS) is 10.5. The molecule has 1 aromatic carbocycles. The van der Waals surface area contributed by atoms with Gasteiger partial charge in [-0.2, -0.15) is 5.10 Å². The molecule has 0 radical (unpaired) electrons. The number of hydrogen-bond acceptors (Lipinski definition) is 5. The van der Waals surface area contributed by atoms with E-state index in [2.05, 4.69) is 15.4 Å². The summed E-state index contributed by atoms with van der Waals surface area (Å²) >= 11 is 1.28. The van der Waals surface area contributed by atoms with Crippen LogP contribution in [0.1, 0.15) is 16.1 Å². The summed E-state index contributed by atoms with van der Waals surface area (Å²) in [5, 5.41) is 8.79. The van der Waals surface area contributed by atoms with Crippen LogP contribution in [-0.2, 0) is 6.54 Å². The van der Waals surface area contributed by atoms with E-state index in [4.69, 9.17) is 0 Å². The smallest absolute Gasteiger partial charge is 0.277 e. The number of anilines is 1. The lowest BCUT2D eigenvalue weighted by atomic mass is 10.2. The van der Waals surface area contributed by atoms with Crippen LogP contribution in [-0.4, -0.2) is 20.7 Å². The number of thiazole rings is 1. The Morgan fingerprint density at radius 1 is 1.30 bits per heavy atom. The molecule has 0 fully saturated rings. The molecule has 23 heavy (non-hydrogen) atoms. The Balaban J connectivity index is 1.84. The highest BCUT2D eigenvalue weighted by Gasteiger charge is 2.11. The molecule has 3 rings (SSSR count). The number of nitrogens with zero attached hydrogens (tertiary/aromatic N) is 3. The number of rotatable bonds is 4. The summed E-state index contributed by atoms with van der Waals surface area (Å²) in [5.41, 5.74) is 0.286. The first-order valence-corrected chi connectivity index (χ1v) is 7.53. The lowest BCUT2D eigenvalue weighted by Gasteiger charge is -2.07. The van der Waals surface area contributed by atoms with Crippen molar-refractivity contribution >= 4 is 22.4 Å². The zero-order valence-electron chi connectivity index (χ0n) is 11.8. The molecule has 3 aromatic rings. The van der Waals surface area contributed by atoms with Crippen molar-refractivity contribution in [1.82, 2.24) is 14.8 Å². The van der Waals surface area contributed by atoms with Gasteiger partial charge in [0.05, 0.1) is 6.54 Å². The fourth-order valence-electron chi connectivity index (χ4n) is 1.94. The number of benzene rings is 1. The van der Waals surface area contributed by atoms with E-state index in [1.165, 1.54) is 35.6 Å². The van der Waals surface area contributed by atoms with E-state index < -0.39 is 11.7 Å². The molecule has 0 bridgehead atoms. The average Bonchev–Trinajstić information content (AvgIpc) is 3.02. The second-order valence-corrected chi connectivity index (χ2v) is 5.53. The lowest BCUT2D eigenvalue weighted by Crippen LogP contribution is -2.26. The minimum Gasteiger partial charge on any atom is -0.296 e. The molecule has 0 saturated carbocycles. The van der Waals surface area contributed by atoms with Crippen LogP contribution in [0.5, 0.6) is 0 Å². The molecule has 0 spiro atoms. The van der Waals surface area contributed by atoms with E-state index in [9.17, 15) is 14.0 Å². The summed E-state index contributed by atoms with van der Waals surface area (Å²) in [6, 6.07) is 8.46. The Morgan fingerprint density at radius 3 is 2.91 bits per heavy atom. The van der Waals surface area contributed by atoms with Gasteiger partial charge in [-0.05, 0) is 23.8 Å². The first kappa shape index (κ1) is 15.0. The van der Waals surface area contributed by atoms with Crippen molar-refractivity contribution in [2.75, 3.05) is 5.32 Å². The predicted molar refractivity (Wildman–Crippen MR) is 84.1 cm³/mol. The standard InChI is InChI=1S/C15H11FN4O2S/c16-11-3-1-2-10(8-11)9-20-13(21)5-4-12(19-20)14(22)18-15-17-6-7-23-15/h1-8H,9H2,(H,17,18,22). The summed E-state index contributed by atoms with van der Waals surface area (Å²) in [6.45, 7) is 0.0783. The molecule has 0 saturated heterocycles. The second kappa shape index (κ2) is 6.49. The topological polar surface area (TPSA) is 76.9 Å². The van der Waals surface area contributed by atoms with E-state index in [1.807, 2.05) is 0 Å². The summed E-state index contributed by atoms with van der Waals surface area (Å²) < 4.78 is 14.3. The predicted octanol–water partition coefficient (Wildman–Crippen LogP) is 2.14. The third-order valence-electron chi connectivity index (χ3n) is 2.97. The van der Waals surface area contributed by atoms with Crippen molar-refractivity contribution in [1.29, 1.82) is 0 Å². The minimum absolute atomic E-state index is 0.0783. The van der Waals surface area contributed by atoms with Crippen LogP contribution in [0.25, 0.3) is 0 Å². The molecule has 6 nitrogen and oxygen atoms in total. The lowest BCUT2D eigenvalue weighted by molar-refractivity contribution is 0.102. The zero-order chi connectivity index (χ0) is 16.2. The molecule has 8 heteroatoms. The number of nitrogens with one attached hydrogen (secondary N) is 1. The van der Waals surface area contributed by atoms with E-state index in [0.717, 1.165) is 4.68 Å². The SMILES string of the molecule is O=C(Nc1nccs1)c1ccc(=O)n(Cc2cccc(F)c2)n1. The summed E-state index contributed by atoms with van der Waals surface area (Å²) in [4.78, 5) is 27.9. The van der Waals surface area contributed by atoms with Gasteiger partial charge in [-0.25, -0.2) is 14.1 Å². The molecule has 1 N–H and O–H groups in total. The maximum atomic E-state index is 13.2. The monoisotopic (exact) mass is 330 g/mol. The molecule has 0 aliphatic carbocycles. The third kappa shape index (κ3) is 3.67. The van der Waals surface area contributed by atoms with E-state index in [0.29, 0.717) is 10.7 Å². The number of carbonyl (C=O) groups is 1. The van der Waals surface area contributed by atoms with Crippen LogP contribution in [0.4, 0.5) is 9.52 Å². The third-order valence-corrected chi connectivity index (χ3v) is 3.66. The van der Waals surface area contributed by atoms with Gasteiger partial charge in [-0.3, -0.25) is 14.9 Å². The van der Waals surface area contributed by atoms with Gasteiger partial charge < -0.3 is 0 Å². The Bertz CT molecular complexity index is 892. The van der Waals surface area contributed by atoms with E-state index >= 15 is 0 Å². The summed E-state index contributed by atoms with van der Waals surface area (Å²) in [7, 11) is 0. The molecule has 2 heterocycles.